The third kappa shape index (κ3) is 6.15. The average molecular weight is 794 g/mol. The van der Waals surface area contributed by atoms with Gasteiger partial charge in [-0.25, -0.2) is 0 Å². The van der Waals surface area contributed by atoms with E-state index in [4.69, 9.17) is 0 Å². The molecule has 2 aromatic heterocycles. The lowest BCUT2D eigenvalue weighted by molar-refractivity contribution is 1.18. The minimum absolute atomic E-state index is 0.825. The van der Waals surface area contributed by atoms with Crippen LogP contribution in [0.5, 0.6) is 0 Å². The fraction of sp³-hybridized carbons (Fsp3) is 0.0169. The van der Waals surface area contributed by atoms with Crippen molar-refractivity contribution in [2.75, 3.05) is 0 Å². The van der Waals surface area contributed by atoms with Crippen LogP contribution in [0.25, 0.3) is 103 Å². The topological polar surface area (TPSA) is 4.93 Å². The van der Waals surface area contributed by atoms with Crippen LogP contribution in [0.3, 0.4) is 0 Å². The summed E-state index contributed by atoms with van der Waals surface area (Å²) in [5.74, 6) is 0. The van der Waals surface area contributed by atoms with Crippen molar-refractivity contribution in [3.05, 3.63) is 235 Å². The van der Waals surface area contributed by atoms with E-state index in [1.807, 2.05) is 11.3 Å². The molecule has 0 aliphatic heterocycles. The van der Waals surface area contributed by atoms with Crippen LogP contribution in [-0.2, 0) is 6.42 Å². The number of benzene rings is 10. The molecule has 0 radical (unpaired) electrons. The number of hydrogen-bond acceptors (Lipinski definition) is 1. The summed E-state index contributed by atoms with van der Waals surface area (Å²) in [6, 6.07) is 80.3. The van der Waals surface area contributed by atoms with Gasteiger partial charge in [-0.05, 0) is 121 Å². The second kappa shape index (κ2) is 14.6. The van der Waals surface area contributed by atoms with Crippen LogP contribution >= 0.6 is 11.3 Å². The Bertz CT molecular complexity index is 3660. The Morgan fingerprint density at radius 1 is 0.426 bits per heavy atom. The number of thiophene rings is 1. The molecule has 0 saturated carbocycles. The first-order valence-corrected chi connectivity index (χ1v) is 21.9. The van der Waals surface area contributed by atoms with Crippen LogP contribution < -0.4 is 0 Å². The van der Waals surface area contributed by atoms with E-state index in [1.54, 1.807) is 0 Å². The highest BCUT2D eigenvalue weighted by atomic mass is 32.1. The van der Waals surface area contributed by atoms with Gasteiger partial charge in [0.25, 0.3) is 0 Å². The Balaban J connectivity index is 1.09. The number of nitrogens with zero attached hydrogens (tertiary/aromatic N) is 1. The first kappa shape index (κ1) is 35.4. The molecule has 12 rings (SSSR count). The van der Waals surface area contributed by atoms with Crippen molar-refractivity contribution in [1.29, 1.82) is 0 Å². The Kier molecular flexibility index (Phi) is 8.50. The maximum absolute atomic E-state index is 2.47. The van der Waals surface area contributed by atoms with Gasteiger partial charge in [-0.2, -0.15) is 0 Å². The minimum Gasteiger partial charge on any atom is -0.309 e. The molecule has 0 amide bonds. The van der Waals surface area contributed by atoms with Crippen molar-refractivity contribution in [1.82, 2.24) is 4.57 Å². The predicted octanol–water partition coefficient (Wildman–Crippen LogP) is 16.6. The van der Waals surface area contributed by atoms with E-state index in [1.165, 1.54) is 108 Å². The van der Waals surface area contributed by atoms with Crippen molar-refractivity contribution in [3.63, 3.8) is 0 Å². The fourth-order valence-corrected chi connectivity index (χ4v) is 10.7. The molecule has 0 saturated heterocycles. The highest BCUT2D eigenvalue weighted by Crippen LogP contribution is 2.43. The quantitative estimate of drug-likeness (QED) is 0.142. The molecule has 2 heteroatoms. The standard InChI is InChI=1S/C59H39NS/c1-3-15-39(16-4-1)42-22-14-24-48(35-42)60-55-31-29-45(36-54(55)59-52-38-53-51-27-11-12-28-57(51)61-58(53)37-46(52)30-32-56(59)60)50-26-10-8-20-43(50)33-47(40-17-5-2-6-18-40)34-44-23-13-21-41-19-7-9-25-49(41)44/h1-33,35-38H,34H2. The SMILES string of the molecule is C(=C(Cc1cccc2ccccc12)c1ccccc1)c1ccccc1-c1ccc2c(c1)c1c3cc4c(cc3ccc1n2-c1cccc(-c2ccccc2)c1)sc1ccccc14. The Hall–Kier alpha value is -7.52. The molecule has 10 aromatic carbocycles. The molecule has 2 heterocycles. The van der Waals surface area contributed by atoms with Crippen molar-refractivity contribution < 1.29 is 0 Å². The van der Waals surface area contributed by atoms with Crippen LogP contribution in [0.1, 0.15) is 16.7 Å². The van der Waals surface area contributed by atoms with E-state index in [-0.39, 0.29) is 0 Å². The molecular formula is C59H39NS. The van der Waals surface area contributed by atoms with E-state index in [0.29, 0.717) is 0 Å². The first-order valence-electron chi connectivity index (χ1n) is 21.0. The van der Waals surface area contributed by atoms with Gasteiger partial charge in [0.1, 0.15) is 0 Å². The lowest BCUT2D eigenvalue weighted by Crippen LogP contribution is -1.95. The number of allylic oxidation sites excluding steroid dienone is 1. The number of rotatable bonds is 7. The van der Waals surface area contributed by atoms with Crippen molar-refractivity contribution in [3.8, 4) is 27.9 Å². The summed E-state index contributed by atoms with van der Waals surface area (Å²) in [6.45, 7) is 0. The molecule has 0 spiro atoms. The lowest BCUT2D eigenvalue weighted by atomic mass is 9.91. The Morgan fingerprint density at radius 3 is 2.05 bits per heavy atom. The summed E-state index contributed by atoms with van der Waals surface area (Å²) in [5.41, 5.74) is 13.5. The normalized spacial score (nSPS) is 12.1. The predicted molar refractivity (Wildman–Crippen MR) is 264 cm³/mol. The third-order valence-electron chi connectivity index (χ3n) is 12.5. The van der Waals surface area contributed by atoms with E-state index >= 15 is 0 Å². The zero-order chi connectivity index (χ0) is 40.3. The van der Waals surface area contributed by atoms with Crippen molar-refractivity contribution >= 4 is 86.5 Å². The molecular weight excluding hydrogens is 755 g/mol. The largest absolute Gasteiger partial charge is 0.309 e. The second-order valence-electron chi connectivity index (χ2n) is 16.0. The minimum atomic E-state index is 0.825. The molecule has 286 valence electrons. The average Bonchev–Trinajstić information content (AvgIpc) is 3.86. The monoisotopic (exact) mass is 793 g/mol. The fourth-order valence-electron chi connectivity index (χ4n) is 9.58. The summed E-state index contributed by atoms with van der Waals surface area (Å²) in [7, 11) is 0. The number of hydrogen-bond donors (Lipinski definition) is 0. The maximum Gasteiger partial charge on any atom is 0.0547 e. The number of fused-ring (bicyclic) bond motifs is 9. The summed E-state index contributed by atoms with van der Waals surface area (Å²) in [5, 5.41) is 10.3. The zero-order valence-corrected chi connectivity index (χ0v) is 34.2. The van der Waals surface area contributed by atoms with E-state index < -0.39 is 0 Å². The summed E-state index contributed by atoms with van der Waals surface area (Å²) in [4.78, 5) is 0. The molecule has 12 aromatic rings. The highest BCUT2D eigenvalue weighted by molar-refractivity contribution is 7.25. The van der Waals surface area contributed by atoms with E-state index in [0.717, 1.165) is 12.1 Å². The summed E-state index contributed by atoms with van der Waals surface area (Å²) < 4.78 is 5.12. The molecule has 0 aliphatic carbocycles. The second-order valence-corrected chi connectivity index (χ2v) is 17.1. The Morgan fingerprint density at radius 2 is 1.15 bits per heavy atom. The number of aromatic nitrogens is 1. The maximum atomic E-state index is 2.47. The zero-order valence-electron chi connectivity index (χ0n) is 33.4. The molecule has 0 aliphatic rings. The van der Waals surface area contributed by atoms with Crippen molar-refractivity contribution in [2.45, 2.75) is 6.42 Å². The third-order valence-corrected chi connectivity index (χ3v) is 13.6. The molecule has 61 heavy (non-hydrogen) atoms. The molecule has 0 unspecified atom stereocenters. The van der Waals surface area contributed by atoms with Gasteiger partial charge in [0.2, 0.25) is 0 Å². The van der Waals surface area contributed by atoms with Gasteiger partial charge in [0, 0.05) is 36.6 Å². The van der Waals surface area contributed by atoms with Gasteiger partial charge < -0.3 is 4.57 Å². The Labute approximate surface area is 358 Å². The molecule has 0 atom stereocenters. The van der Waals surface area contributed by atoms with Gasteiger partial charge >= 0.3 is 0 Å². The van der Waals surface area contributed by atoms with Gasteiger partial charge in [0.15, 0.2) is 0 Å². The first-order chi connectivity index (χ1) is 30.2. The van der Waals surface area contributed by atoms with Crippen LogP contribution in [0.2, 0.25) is 0 Å². The summed E-state index contributed by atoms with van der Waals surface area (Å²) in [6.07, 6.45) is 3.24. The van der Waals surface area contributed by atoms with Gasteiger partial charge in [0.05, 0.1) is 11.0 Å². The highest BCUT2D eigenvalue weighted by Gasteiger charge is 2.19. The van der Waals surface area contributed by atoms with Crippen molar-refractivity contribution in [2.24, 2.45) is 0 Å². The van der Waals surface area contributed by atoms with Gasteiger partial charge in [-0.15, -0.1) is 11.3 Å². The molecule has 0 fully saturated rings. The van der Waals surface area contributed by atoms with Crippen LogP contribution in [0.15, 0.2) is 218 Å². The molecule has 0 N–H and O–H groups in total. The van der Waals surface area contributed by atoms with Crippen LogP contribution in [0.4, 0.5) is 0 Å². The van der Waals surface area contributed by atoms with E-state index in [2.05, 4.69) is 229 Å². The van der Waals surface area contributed by atoms with E-state index in [9.17, 15) is 0 Å². The lowest BCUT2D eigenvalue weighted by Gasteiger charge is -2.14. The van der Waals surface area contributed by atoms with Gasteiger partial charge in [-0.3, -0.25) is 0 Å². The molecule has 1 nitrogen and oxygen atoms in total. The summed E-state index contributed by atoms with van der Waals surface area (Å²) >= 11 is 1.88. The van der Waals surface area contributed by atoms with Gasteiger partial charge in [-0.1, -0.05) is 176 Å². The molecule has 0 bridgehead atoms. The van der Waals surface area contributed by atoms with Crippen LogP contribution in [0, 0.1) is 0 Å². The van der Waals surface area contributed by atoms with Crippen LogP contribution in [-0.4, -0.2) is 4.57 Å². The smallest absolute Gasteiger partial charge is 0.0547 e.